The van der Waals surface area contributed by atoms with Crippen molar-refractivity contribution in [3.8, 4) is 0 Å². The van der Waals surface area contributed by atoms with Crippen LogP contribution in [0.15, 0.2) is 30.6 Å². The van der Waals surface area contributed by atoms with Crippen molar-refractivity contribution in [2.24, 2.45) is 0 Å². The van der Waals surface area contributed by atoms with Gasteiger partial charge in [-0.25, -0.2) is 0 Å². The third kappa shape index (κ3) is 4.50. The van der Waals surface area contributed by atoms with Crippen LogP contribution in [0.2, 0.25) is 5.02 Å². The first-order valence-electron chi connectivity index (χ1n) is 8.41. The quantitative estimate of drug-likeness (QED) is 0.846. The maximum absolute atomic E-state index is 12.3. The molecule has 25 heavy (non-hydrogen) atoms. The third-order valence-corrected chi connectivity index (χ3v) is 4.51. The second kappa shape index (κ2) is 7.85. The Morgan fingerprint density at radius 3 is 2.88 bits per heavy atom. The van der Waals surface area contributed by atoms with Crippen molar-refractivity contribution >= 4 is 28.9 Å². The lowest BCUT2D eigenvalue weighted by atomic mass is 10.1. The Hall–Kier alpha value is -2.11. The van der Waals surface area contributed by atoms with Crippen LogP contribution in [0.4, 0.5) is 11.4 Å². The minimum Gasteiger partial charge on any atom is -0.376 e. The number of nitrogens with one attached hydrogen (secondary N) is 2. The number of hydrogen-bond donors (Lipinski definition) is 2. The monoisotopic (exact) mass is 359 g/mol. The molecule has 5 nitrogen and oxygen atoms in total. The van der Waals surface area contributed by atoms with Gasteiger partial charge in [0.05, 0.1) is 34.3 Å². The lowest BCUT2D eigenvalue weighted by molar-refractivity contribution is 0.0857. The van der Waals surface area contributed by atoms with Gasteiger partial charge in [-0.3, -0.25) is 9.78 Å². The zero-order chi connectivity index (χ0) is 17.8. The molecule has 0 spiro atoms. The van der Waals surface area contributed by atoms with Crippen LogP contribution in [0, 0.1) is 13.8 Å². The van der Waals surface area contributed by atoms with Crippen molar-refractivity contribution < 1.29 is 9.53 Å². The first kappa shape index (κ1) is 17.7. The number of anilines is 2. The summed E-state index contributed by atoms with van der Waals surface area (Å²) in [5.74, 6) is -0.154. The molecular formula is C19H22ClN3O2. The number of halogens is 1. The SMILES string of the molecule is Cc1cc(C)c(Nc2cncc(C(=O)NCC3CCCO3)c2)c(Cl)c1. The number of ether oxygens (including phenoxy) is 1. The van der Waals surface area contributed by atoms with E-state index >= 15 is 0 Å². The van der Waals surface area contributed by atoms with Crippen LogP contribution < -0.4 is 10.6 Å². The van der Waals surface area contributed by atoms with Crippen LogP contribution in [0.1, 0.15) is 34.3 Å². The van der Waals surface area contributed by atoms with E-state index < -0.39 is 0 Å². The van der Waals surface area contributed by atoms with Crippen molar-refractivity contribution in [1.82, 2.24) is 10.3 Å². The highest BCUT2D eigenvalue weighted by molar-refractivity contribution is 6.33. The fourth-order valence-electron chi connectivity index (χ4n) is 2.96. The molecule has 0 saturated carbocycles. The van der Waals surface area contributed by atoms with Gasteiger partial charge in [0.2, 0.25) is 0 Å². The molecule has 2 heterocycles. The van der Waals surface area contributed by atoms with Crippen LogP contribution in [-0.2, 0) is 4.74 Å². The molecule has 1 amide bonds. The molecule has 0 aliphatic carbocycles. The predicted molar refractivity (Wildman–Crippen MR) is 99.8 cm³/mol. The van der Waals surface area contributed by atoms with Crippen molar-refractivity contribution in [3.63, 3.8) is 0 Å². The van der Waals surface area contributed by atoms with E-state index in [1.165, 1.54) is 0 Å². The van der Waals surface area contributed by atoms with Crippen molar-refractivity contribution in [2.75, 3.05) is 18.5 Å². The minimum absolute atomic E-state index is 0.118. The average molecular weight is 360 g/mol. The van der Waals surface area contributed by atoms with Gasteiger partial charge in [-0.2, -0.15) is 0 Å². The summed E-state index contributed by atoms with van der Waals surface area (Å²) in [6, 6.07) is 5.73. The summed E-state index contributed by atoms with van der Waals surface area (Å²) in [6.07, 6.45) is 5.39. The first-order chi connectivity index (χ1) is 12.0. The third-order valence-electron chi connectivity index (χ3n) is 4.22. The molecule has 0 bridgehead atoms. The largest absolute Gasteiger partial charge is 0.376 e. The number of aromatic nitrogens is 1. The smallest absolute Gasteiger partial charge is 0.253 e. The number of amides is 1. The fraction of sp³-hybridized carbons (Fsp3) is 0.368. The summed E-state index contributed by atoms with van der Waals surface area (Å²) in [7, 11) is 0. The molecule has 1 atom stereocenters. The second-order valence-corrected chi connectivity index (χ2v) is 6.78. The van der Waals surface area contributed by atoms with E-state index in [0.29, 0.717) is 17.1 Å². The molecule has 132 valence electrons. The predicted octanol–water partition coefficient (Wildman–Crippen LogP) is 4.00. The lowest BCUT2D eigenvalue weighted by Crippen LogP contribution is -2.31. The molecule has 1 fully saturated rings. The van der Waals surface area contributed by atoms with Gasteiger partial charge in [0.1, 0.15) is 0 Å². The summed E-state index contributed by atoms with van der Waals surface area (Å²) in [6.45, 7) is 5.30. The number of pyridine rings is 1. The summed E-state index contributed by atoms with van der Waals surface area (Å²) in [4.78, 5) is 16.5. The van der Waals surface area contributed by atoms with Crippen LogP contribution in [0.3, 0.4) is 0 Å². The summed E-state index contributed by atoms with van der Waals surface area (Å²) < 4.78 is 5.52. The van der Waals surface area contributed by atoms with E-state index in [4.69, 9.17) is 16.3 Å². The van der Waals surface area contributed by atoms with Gasteiger partial charge < -0.3 is 15.4 Å². The maximum atomic E-state index is 12.3. The van der Waals surface area contributed by atoms with Crippen LogP contribution in [-0.4, -0.2) is 30.1 Å². The number of hydrogen-bond acceptors (Lipinski definition) is 4. The van der Waals surface area contributed by atoms with Gasteiger partial charge in [-0.15, -0.1) is 0 Å². The molecule has 0 radical (unpaired) electrons. The topological polar surface area (TPSA) is 63.2 Å². The zero-order valence-corrected chi connectivity index (χ0v) is 15.2. The number of nitrogens with zero attached hydrogens (tertiary/aromatic N) is 1. The highest BCUT2D eigenvalue weighted by atomic mass is 35.5. The Labute approximate surface area is 152 Å². The van der Waals surface area contributed by atoms with Gasteiger partial charge in [0.25, 0.3) is 5.91 Å². The summed E-state index contributed by atoms with van der Waals surface area (Å²) in [5.41, 5.74) is 4.19. The summed E-state index contributed by atoms with van der Waals surface area (Å²) in [5, 5.41) is 6.81. The van der Waals surface area contributed by atoms with Gasteiger partial charge >= 0.3 is 0 Å². The molecule has 3 rings (SSSR count). The Morgan fingerprint density at radius 1 is 1.32 bits per heavy atom. The Bertz CT molecular complexity index is 750. The van der Waals surface area contributed by atoms with Crippen LogP contribution >= 0.6 is 11.6 Å². The van der Waals surface area contributed by atoms with Gasteiger partial charge in [0, 0.05) is 19.3 Å². The van der Waals surface area contributed by atoms with Gasteiger partial charge in [-0.1, -0.05) is 17.7 Å². The molecular weight excluding hydrogens is 338 g/mol. The Morgan fingerprint density at radius 2 is 2.16 bits per heavy atom. The van der Waals surface area contributed by atoms with E-state index in [1.807, 2.05) is 19.9 Å². The first-order valence-corrected chi connectivity index (χ1v) is 8.79. The molecule has 1 aromatic heterocycles. The molecule has 1 saturated heterocycles. The molecule has 6 heteroatoms. The van der Waals surface area contributed by atoms with Gasteiger partial charge in [0.15, 0.2) is 0 Å². The van der Waals surface area contributed by atoms with Crippen LogP contribution in [0.25, 0.3) is 0 Å². The standard InChI is InChI=1S/C19H22ClN3O2/c1-12-6-13(2)18(17(20)7-12)23-15-8-14(9-21-10-15)19(24)22-11-16-4-3-5-25-16/h6-10,16,23H,3-5,11H2,1-2H3,(H,22,24). The highest BCUT2D eigenvalue weighted by Gasteiger charge is 2.17. The maximum Gasteiger partial charge on any atom is 0.253 e. The molecule has 1 aromatic carbocycles. The van der Waals surface area contributed by atoms with Crippen molar-refractivity contribution in [2.45, 2.75) is 32.8 Å². The number of aryl methyl sites for hydroxylation is 2. The number of carbonyl (C=O) groups excluding carboxylic acids is 1. The Kier molecular flexibility index (Phi) is 5.56. The molecule has 2 aromatic rings. The average Bonchev–Trinajstić information content (AvgIpc) is 3.10. The van der Waals surface area contributed by atoms with E-state index in [0.717, 1.165) is 42.0 Å². The summed E-state index contributed by atoms with van der Waals surface area (Å²) >= 11 is 6.33. The number of rotatable bonds is 5. The zero-order valence-electron chi connectivity index (χ0n) is 14.4. The second-order valence-electron chi connectivity index (χ2n) is 6.37. The van der Waals surface area contributed by atoms with Crippen LogP contribution in [0.5, 0.6) is 0 Å². The molecule has 2 N–H and O–H groups in total. The molecule has 1 aliphatic rings. The van der Waals surface area contributed by atoms with Gasteiger partial charge in [-0.05, 0) is 49.9 Å². The van der Waals surface area contributed by atoms with Crippen molar-refractivity contribution in [1.29, 1.82) is 0 Å². The number of carbonyl (C=O) groups is 1. The van der Waals surface area contributed by atoms with E-state index in [-0.39, 0.29) is 12.0 Å². The lowest BCUT2D eigenvalue weighted by Gasteiger charge is -2.14. The molecule has 1 unspecified atom stereocenters. The number of benzene rings is 1. The van der Waals surface area contributed by atoms with Crippen molar-refractivity contribution in [3.05, 3.63) is 52.3 Å². The van der Waals surface area contributed by atoms with E-state index in [1.54, 1.807) is 18.5 Å². The highest BCUT2D eigenvalue weighted by Crippen LogP contribution is 2.30. The Balaban J connectivity index is 1.70. The normalized spacial score (nSPS) is 16.7. The van der Waals surface area contributed by atoms with E-state index in [2.05, 4.69) is 21.7 Å². The van der Waals surface area contributed by atoms with E-state index in [9.17, 15) is 4.79 Å². The fourth-order valence-corrected chi connectivity index (χ4v) is 3.33. The minimum atomic E-state index is -0.154. The molecule has 1 aliphatic heterocycles.